The summed E-state index contributed by atoms with van der Waals surface area (Å²) in [6.45, 7) is 4.06. The van der Waals surface area contributed by atoms with Gasteiger partial charge in [0.1, 0.15) is 5.75 Å². The Morgan fingerprint density at radius 3 is 2.62 bits per heavy atom. The van der Waals surface area contributed by atoms with E-state index < -0.39 is 0 Å². The Morgan fingerprint density at radius 1 is 1.23 bits per heavy atom. The van der Waals surface area contributed by atoms with Gasteiger partial charge < -0.3 is 10.1 Å². The van der Waals surface area contributed by atoms with Crippen LogP contribution >= 0.6 is 35.0 Å². The third-order valence-electron chi connectivity index (χ3n) is 4.07. The molecule has 1 unspecified atom stereocenters. The van der Waals surface area contributed by atoms with Gasteiger partial charge >= 0.3 is 0 Å². The maximum absolute atomic E-state index is 12.3. The minimum absolute atomic E-state index is 0.00757. The maximum atomic E-state index is 12.3. The lowest BCUT2D eigenvalue weighted by Gasteiger charge is -2.19. The molecular formula is C20H23Cl2NO2S. The molecule has 0 aliphatic rings. The highest BCUT2D eigenvalue weighted by molar-refractivity contribution is 7.99. The second-order valence-corrected chi connectivity index (χ2v) is 7.82. The number of nitrogens with one attached hydrogen (secondary N) is 1. The van der Waals surface area contributed by atoms with Crippen molar-refractivity contribution in [3.63, 3.8) is 0 Å². The fourth-order valence-corrected chi connectivity index (χ4v) is 4.06. The van der Waals surface area contributed by atoms with Gasteiger partial charge in [-0.1, -0.05) is 48.3 Å². The van der Waals surface area contributed by atoms with E-state index in [1.165, 1.54) is 11.8 Å². The highest BCUT2D eigenvalue weighted by Gasteiger charge is 2.14. The van der Waals surface area contributed by atoms with Gasteiger partial charge in [-0.2, -0.15) is 0 Å². The number of ether oxygens (including phenoxy) is 1. The van der Waals surface area contributed by atoms with Crippen molar-refractivity contribution in [1.29, 1.82) is 0 Å². The zero-order valence-electron chi connectivity index (χ0n) is 15.1. The molecule has 6 heteroatoms. The highest BCUT2D eigenvalue weighted by atomic mass is 35.5. The minimum atomic E-state index is -0.00757. The predicted molar refractivity (Wildman–Crippen MR) is 112 cm³/mol. The molecule has 140 valence electrons. The molecule has 0 heterocycles. The molecule has 0 bridgehead atoms. The fraction of sp³-hybridized carbons (Fsp3) is 0.350. The number of carbonyl (C=O) groups excluding carboxylic acids is 1. The van der Waals surface area contributed by atoms with Crippen molar-refractivity contribution < 1.29 is 9.53 Å². The van der Waals surface area contributed by atoms with Crippen LogP contribution in [0.1, 0.15) is 36.1 Å². The Morgan fingerprint density at radius 2 is 2.00 bits per heavy atom. The molecule has 0 saturated heterocycles. The van der Waals surface area contributed by atoms with Gasteiger partial charge in [-0.05, 0) is 48.2 Å². The average Bonchev–Trinajstić information content (AvgIpc) is 2.61. The third-order valence-corrected chi connectivity index (χ3v) is 5.64. The Bertz CT molecular complexity index is 767. The number of halogens is 2. The number of aryl methyl sites for hydroxylation is 1. The van der Waals surface area contributed by atoms with Crippen LogP contribution in [-0.4, -0.2) is 18.8 Å². The van der Waals surface area contributed by atoms with Crippen molar-refractivity contribution in [2.24, 2.45) is 0 Å². The van der Waals surface area contributed by atoms with E-state index >= 15 is 0 Å². The zero-order valence-corrected chi connectivity index (χ0v) is 17.5. The first-order valence-corrected chi connectivity index (χ1v) is 10.3. The number of thioether (sulfide) groups is 1. The molecule has 0 aromatic heterocycles. The molecule has 0 aliphatic carbocycles. The Labute approximate surface area is 169 Å². The van der Waals surface area contributed by atoms with Crippen LogP contribution in [0.5, 0.6) is 5.75 Å². The van der Waals surface area contributed by atoms with Gasteiger partial charge in [-0.15, -0.1) is 11.8 Å². The largest absolute Gasteiger partial charge is 0.496 e. The van der Waals surface area contributed by atoms with E-state index in [2.05, 4.69) is 18.3 Å². The highest BCUT2D eigenvalue weighted by Crippen LogP contribution is 2.26. The summed E-state index contributed by atoms with van der Waals surface area (Å²) >= 11 is 13.6. The van der Waals surface area contributed by atoms with Crippen molar-refractivity contribution in [2.75, 3.05) is 12.9 Å². The van der Waals surface area contributed by atoms with Crippen molar-refractivity contribution in [3.8, 4) is 5.75 Å². The summed E-state index contributed by atoms with van der Waals surface area (Å²) in [7, 11) is 1.66. The average molecular weight is 412 g/mol. The number of benzene rings is 2. The summed E-state index contributed by atoms with van der Waals surface area (Å²) in [5.41, 5.74) is 3.13. The first kappa shape index (κ1) is 20.9. The molecule has 1 amide bonds. The summed E-state index contributed by atoms with van der Waals surface area (Å²) in [6, 6.07) is 11.4. The van der Waals surface area contributed by atoms with Gasteiger partial charge in [0.2, 0.25) is 5.91 Å². The number of hydrogen-bond donors (Lipinski definition) is 1. The topological polar surface area (TPSA) is 38.3 Å². The second kappa shape index (κ2) is 10.1. The van der Waals surface area contributed by atoms with Crippen molar-refractivity contribution in [1.82, 2.24) is 5.32 Å². The molecule has 0 spiro atoms. The lowest BCUT2D eigenvalue weighted by atomic mass is 10.0. The molecule has 0 aliphatic heterocycles. The molecule has 26 heavy (non-hydrogen) atoms. The lowest BCUT2D eigenvalue weighted by molar-refractivity contribution is -0.119. The van der Waals surface area contributed by atoms with Crippen LogP contribution in [0.3, 0.4) is 0 Å². The monoisotopic (exact) mass is 411 g/mol. The van der Waals surface area contributed by atoms with Crippen LogP contribution in [0.2, 0.25) is 10.0 Å². The molecule has 2 aromatic rings. The second-order valence-electron chi connectivity index (χ2n) is 5.99. The van der Waals surface area contributed by atoms with E-state index in [-0.39, 0.29) is 11.9 Å². The molecular weight excluding hydrogens is 389 g/mol. The lowest BCUT2D eigenvalue weighted by Crippen LogP contribution is -2.29. The smallest absolute Gasteiger partial charge is 0.230 e. The van der Waals surface area contributed by atoms with E-state index in [9.17, 15) is 4.79 Å². The van der Waals surface area contributed by atoms with Gasteiger partial charge in [0, 0.05) is 15.8 Å². The summed E-state index contributed by atoms with van der Waals surface area (Å²) in [5.74, 6) is 1.91. The van der Waals surface area contributed by atoms with Gasteiger partial charge in [0.15, 0.2) is 0 Å². The summed E-state index contributed by atoms with van der Waals surface area (Å²) in [4.78, 5) is 12.3. The van der Waals surface area contributed by atoms with Gasteiger partial charge in [0.05, 0.1) is 18.9 Å². The molecule has 1 atom stereocenters. The summed E-state index contributed by atoms with van der Waals surface area (Å²) < 4.78 is 5.30. The number of carbonyl (C=O) groups is 1. The van der Waals surface area contributed by atoms with Crippen molar-refractivity contribution in [3.05, 3.63) is 63.1 Å². The Hall–Kier alpha value is -1.36. The van der Waals surface area contributed by atoms with E-state index in [0.717, 1.165) is 28.9 Å². The van der Waals surface area contributed by atoms with E-state index in [0.29, 0.717) is 21.6 Å². The first-order valence-electron chi connectivity index (χ1n) is 8.40. The normalized spacial score (nSPS) is 11.9. The Kier molecular flexibility index (Phi) is 8.14. The summed E-state index contributed by atoms with van der Waals surface area (Å²) in [6.07, 6.45) is 0.825. The third kappa shape index (κ3) is 5.83. The number of amides is 1. The van der Waals surface area contributed by atoms with Crippen LogP contribution in [0.15, 0.2) is 36.4 Å². The molecule has 0 radical (unpaired) electrons. The van der Waals surface area contributed by atoms with Crippen LogP contribution in [0.4, 0.5) is 0 Å². The number of rotatable bonds is 8. The molecule has 0 saturated carbocycles. The van der Waals surface area contributed by atoms with Crippen LogP contribution < -0.4 is 10.1 Å². The molecule has 0 fully saturated rings. The van der Waals surface area contributed by atoms with Crippen molar-refractivity contribution in [2.45, 2.75) is 32.1 Å². The zero-order chi connectivity index (χ0) is 19.1. The first-order chi connectivity index (χ1) is 12.4. The predicted octanol–water partition coefficient (Wildman–Crippen LogP) is 5.81. The van der Waals surface area contributed by atoms with Crippen LogP contribution in [-0.2, 0) is 10.5 Å². The van der Waals surface area contributed by atoms with E-state index in [1.807, 2.05) is 31.2 Å². The van der Waals surface area contributed by atoms with Crippen LogP contribution in [0.25, 0.3) is 0 Å². The minimum Gasteiger partial charge on any atom is -0.496 e. The van der Waals surface area contributed by atoms with Crippen molar-refractivity contribution >= 4 is 40.9 Å². The SMILES string of the molecule is CCC(NC(=O)CSCc1ccc(Cl)cc1Cl)c1ccc(OC)c(C)c1. The van der Waals surface area contributed by atoms with Gasteiger partial charge in [-0.25, -0.2) is 0 Å². The molecule has 2 rings (SSSR count). The molecule has 1 N–H and O–H groups in total. The standard InChI is InChI=1S/C20H23Cl2NO2S/c1-4-18(14-6-8-19(25-3)13(2)9-14)23-20(24)12-26-11-15-5-7-16(21)10-17(15)22/h5-10,18H,4,11-12H2,1-3H3,(H,23,24). The maximum Gasteiger partial charge on any atom is 0.230 e. The number of hydrogen-bond acceptors (Lipinski definition) is 3. The van der Waals surface area contributed by atoms with Crippen LogP contribution in [0, 0.1) is 6.92 Å². The van der Waals surface area contributed by atoms with E-state index in [4.69, 9.17) is 27.9 Å². The molecule has 2 aromatic carbocycles. The van der Waals surface area contributed by atoms with E-state index in [1.54, 1.807) is 13.2 Å². The quantitative estimate of drug-likeness (QED) is 0.595. The van der Waals surface area contributed by atoms with Gasteiger partial charge in [0.25, 0.3) is 0 Å². The molecule has 3 nitrogen and oxygen atoms in total. The summed E-state index contributed by atoms with van der Waals surface area (Å²) in [5, 5.41) is 4.35. The number of methoxy groups -OCH3 is 1. The fourth-order valence-electron chi connectivity index (χ4n) is 2.67. The van der Waals surface area contributed by atoms with Gasteiger partial charge in [-0.3, -0.25) is 4.79 Å². The Balaban J connectivity index is 1.89.